The zero-order valence-electron chi connectivity index (χ0n) is 13.0. The van der Waals surface area contributed by atoms with Gasteiger partial charge in [0.15, 0.2) is 0 Å². The van der Waals surface area contributed by atoms with Gasteiger partial charge in [-0.3, -0.25) is 4.79 Å². The van der Waals surface area contributed by atoms with Crippen molar-refractivity contribution >= 4 is 5.91 Å². The molecule has 1 aliphatic heterocycles. The molecule has 7 heteroatoms. The van der Waals surface area contributed by atoms with Gasteiger partial charge >= 0.3 is 6.36 Å². The molecule has 0 saturated carbocycles. The first kappa shape index (κ1) is 17.6. The summed E-state index contributed by atoms with van der Waals surface area (Å²) < 4.78 is 40.0. The second-order valence-electron chi connectivity index (χ2n) is 5.84. The summed E-state index contributed by atoms with van der Waals surface area (Å²) in [7, 11) is 0. The third-order valence-corrected chi connectivity index (χ3v) is 3.79. The summed E-state index contributed by atoms with van der Waals surface area (Å²) >= 11 is 0. The molecule has 0 bridgehead atoms. The van der Waals surface area contributed by atoms with E-state index in [0.717, 1.165) is 24.9 Å². The Kier molecular flexibility index (Phi) is 5.87. The molecule has 2 unspecified atom stereocenters. The van der Waals surface area contributed by atoms with Gasteiger partial charge in [0, 0.05) is 18.5 Å². The molecule has 2 rings (SSSR count). The summed E-state index contributed by atoms with van der Waals surface area (Å²) in [6, 6.07) is 6.20. The first-order chi connectivity index (χ1) is 10.8. The van der Waals surface area contributed by atoms with Gasteiger partial charge in [-0.05, 0) is 50.4 Å². The van der Waals surface area contributed by atoms with Crippen molar-refractivity contribution in [3.63, 3.8) is 0 Å². The number of ether oxygens (including phenoxy) is 1. The number of amides is 1. The van der Waals surface area contributed by atoms with Crippen LogP contribution in [-0.4, -0.2) is 30.9 Å². The summed E-state index contributed by atoms with van der Waals surface area (Å²) in [6.07, 6.45) is -2.06. The van der Waals surface area contributed by atoms with Crippen LogP contribution in [0.15, 0.2) is 24.3 Å². The third-order valence-electron chi connectivity index (χ3n) is 3.79. The van der Waals surface area contributed by atoms with Gasteiger partial charge in [0.1, 0.15) is 5.75 Å². The van der Waals surface area contributed by atoms with E-state index in [0.29, 0.717) is 18.9 Å². The van der Waals surface area contributed by atoms with Gasteiger partial charge in [-0.15, -0.1) is 13.2 Å². The lowest BCUT2D eigenvalue weighted by Gasteiger charge is -2.28. The van der Waals surface area contributed by atoms with Crippen molar-refractivity contribution in [2.75, 3.05) is 6.54 Å². The molecule has 1 saturated heterocycles. The summed E-state index contributed by atoms with van der Waals surface area (Å²) in [5, 5.41) is 6.33. The zero-order valence-corrected chi connectivity index (χ0v) is 13.0. The highest BCUT2D eigenvalue weighted by atomic mass is 19.4. The van der Waals surface area contributed by atoms with E-state index in [9.17, 15) is 18.0 Å². The van der Waals surface area contributed by atoms with Crippen LogP contribution in [0, 0.1) is 0 Å². The normalized spacial score (nSPS) is 21.7. The van der Waals surface area contributed by atoms with Crippen molar-refractivity contribution in [2.45, 2.75) is 51.1 Å². The second-order valence-corrected chi connectivity index (χ2v) is 5.84. The van der Waals surface area contributed by atoms with Gasteiger partial charge in [-0.1, -0.05) is 12.1 Å². The summed E-state index contributed by atoms with van der Waals surface area (Å²) in [5.41, 5.74) is 0.799. The highest BCUT2D eigenvalue weighted by Crippen LogP contribution is 2.23. The van der Waals surface area contributed by atoms with Gasteiger partial charge in [0.2, 0.25) is 5.91 Å². The fraction of sp³-hybridized carbons (Fsp3) is 0.562. The number of benzene rings is 1. The predicted molar refractivity (Wildman–Crippen MR) is 80.1 cm³/mol. The number of hydrogen-bond acceptors (Lipinski definition) is 3. The van der Waals surface area contributed by atoms with Crippen LogP contribution in [0.3, 0.4) is 0 Å². The van der Waals surface area contributed by atoms with Crippen LogP contribution in [0.5, 0.6) is 5.75 Å². The summed E-state index contributed by atoms with van der Waals surface area (Å²) in [4.78, 5) is 11.9. The maximum atomic E-state index is 12.1. The number of rotatable bonds is 5. The van der Waals surface area contributed by atoms with Crippen LogP contribution >= 0.6 is 0 Å². The maximum Gasteiger partial charge on any atom is 0.573 e. The number of carbonyl (C=O) groups excluding carboxylic acids is 1. The minimum atomic E-state index is -4.69. The van der Waals surface area contributed by atoms with Gasteiger partial charge in [0.05, 0.1) is 0 Å². The number of hydrogen-bond donors (Lipinski definition) is 2. The van der Waals surface area contributed by atoms with E-state index in [2.05, 4.69) is 22.3 Å². The fourth-order valence-electron chi connectivity index (χ4n) is 2.68. The Morgan fingerprint density at radius 1 is 1.35 bits per heavy atom. The number of alkyl halides is 3. The van der Waals surface area contributed by atoms with Gasteiger partial charge in [-0.25, -0.2) is 0 Å². The van der Waals surface area contributed by atoms with Crippen LogP contribution in [0.4, 0.5) is 13.2 Å². The van der Waals surface area contributed by atoms with Crippen LogP contribution in [0.2, 0.25) is 0 Å². The van der Waals surface area contributed by atoms with Gasteiger partial charge in [0.25, 0.3) is 0 Å². The topological polar surface area (TPSA) is 50.4 Å². The van der Waals surface area contributed by atoms with Crippen molar-refractivity contribution < 1.29 is 22.7 Å². The molecule has 128 valence electrons. The summed E-state index contributed by atoms with van der Waals surface area (Å²) in [6.45, 7) is 2.98. The second kappa shape index (κ2) is 7.68. The van der Waals surface area contributed by atoms with Crippen LogP contribution in [-0.2, 0) is 11.2 Å². The minimum Gasteiger partial charge on any atom is -0.406 e. The summed E-state index contributed by atoms with van der Waals surface area (Å²) in [5.74, 6) is -0.283. The average Bonchev–Trinajstić information content (AvgIpc) is 2.45. The lowest BCUT2D eigenvalue weighted by atomic mass is 10.0. The van der Waals surface area contributed by atoms with Crippen molar-refractivity contribution in [1.82, 2.24) is 10.6 Å². The minimum absolute atomic E-state index is 0.0280. The molecule has 0 radical (unpaired) electrons. The first-order valence-corrected chi connectivity index (χ1v) is 7.69. The van der Waals surface area contributed by atoms with Crippen molar-refractivity contribution in [1.29, 1.82) is 0 Å². The molecule has 4 nitrogen and oxygen atoms in total. The Hall–Kier alpha value is -1.76. The van der Waals surface area contributed by atoms with Crippen molar-refractivity contribution in [3.05, 3.63) is 29.8 Å². The van der Waals surface area contributed by atoms with E-state index in [-0.39, 0.29) is 17.7 Å². The Labute approximate surface area is 133 Å². The standard InChI is InChI=1S/C16H21F3N2O2/c1-11-10-13(8-9-20-11)21-15(22)7-4-12-2-5-14(6-3-12)23-16(17,18)19/h2-3,5-6,11,13,20H,4,7-10H2,1H3,(H,21,22). The molecule has 1 aliphatic rings. The molecule has 1 aromatic rings. The van der Waals surface area contributed by atoms with Crippen LogP contribution < -0.4 is 15.4 Å². The number of halogens is 3. The number of carbonyl (C=O) groups is 1. The van der Waals surface area contributed by atoms with E-state index < -0.39 is 6.36 Å². The molecule has 2 atom stereocenters. The van der Waals surface area contributed by atoms with Gasteiger partial charge < -0.3 is 15.4 Å². The van der Waals surface area contributed by atoms with E-state index in [1.807, 2.05) is 0 Å². The molecule has 0 spiro atoms. The fourth-order valence-corrected chi connectivity index (χ4v) is 2.68. The Balaban J connectivity index is 1.75. The largest absolute Gasteiger partial charge is 0.573 e. The Bertz CT molecular complexity index is 517. The van der Waals surface area contributed by atoms with Crippen molar-refractivity contribution in [3.8, 4) is 5.75 Å². The number of aryl methyl sites for hydroxylation is 1. The lowest BCUT2D eigenvalue weighted by molar-refractivity contribution is -0.274. The molecule has 2 N–H and O–H groups in total. The molecule has 0 aliphatic carbocycles. The molecule has 23 heavy (non-hydrogen) atoms. The van der Waals surface area contributed by atoms with E-state index in [4.69, 9.17) is 0 Å². The van der Waals surface area contributed by atoms with E-state index in [1.54, 1.807) is 12.1 Å². The monoisotopic (exact) mass is 330 g/mol. The smallest absolute Gasteiger partial charge is 0.406 e. The SMILES string of the molecule is CC1CC(NC(=O)CCc2ccc(OC(F)(F)F)cc2)CCN1. The zero-order chi connectivity index (χ0) is 16.9. The molecular formula is C16H21F3N2O2. The molecular weight excluding hydrogens is 309 g/mol. The lowest BCUT2D eigenvalue weighted by Crippen LogP contribution is -2.46. The Morgan fingerprint density at radius 2 is 2.04 bits per heavy atom. The first-order valence-electron chi connectivity index (χ1n) is 7.69. The van der Waals surface area contributed by atoms with Crippen LogP contribution in [0.25, 0.3) is 0 Å². The molecule has 1 fully saturated rings. The molecule has 1 amide bonds. The van der Waals surface area contributed by atoms with Crippen LogP contribution in [0.1, 0.15) is 31.7 Å². The average molecular weight is 330 g/mol. The Morgan fingerprint density at radius 3 is 2.65 bits per heavy atom. The maximum absolute atomic E-state index is 12.1. The number of nitrogens with one attached hydrogen (secondary N) is 2. The highest BCUT2D eigenvalue weighted by Gasteiger charge is 2.30. The quantitative estimate of drug-likeness (QED) is 0.873. The van der Waals surface area contributed by atoms with E-state index in [1.165, 1.54) is 12.1 Å². The molecule has 0 aromatic heterocycles. The van der Waals surface area contributed by atoms with Crippen molar-refractivity contribution in [2.24, 2.45) is 0 Å². The third kappa shape index (κ3) is 6.48. The number of piperidine rings is 1. The van der Waals surface area contributed by atoms with Gasteiger partial charge in [-0.2, -0.15) is 0 Å². The van der Waals surface area contributed by atoms with E-state index >= 15 is 0 Å². The molecule has 1 aromatic carbocycles. The predicted octanol–water partition coefficient (Wildman–Crippen LogP) is 2.77. The molecule has 1 heterocycles. The highest BCUT2D eigenvalue weighted by molar-refractivity contribution is 5.76.